The summed E-state index contributed by atoms with van der Waals surface area (Å²) in [5.74, 6) is -0.287. The minimum absolute atomic E-state index is 0.230. The lowest BCUT2D eigenvalue weighted by atomic mass is 9.96. The highest BCUT2D eigenvalue weighted by Crippen LogP contribution is 2.33. The summed E-state index contributed by atoms with van der Waals surface area (Å²) in [5, 5.41) is 120. The van der Waals surface area contributed by atoms with Crippen molar-refractivity contribution in [3.05, 3.63) is 97.2 Å². The number of ether oxygens (including phenoxy) is 6. The number of aliphatic hydroxyl groups excluding tert-OH is 11. The van der Waals surface area contributed by atoms with Gasteiger partial charge in [-0.25, -0.2) is 0 Å². The van der Waals surface area contributed by atoms with Crippen molar-refractivity contribution in [2.24, 2.45) is 0 Å². The molecule has 3 rings (SSSR count). The lowest BCUT2D eigenvalue weighted by Crippen LogP contribution is -2.66. The molecule has 3 aliphatic rings. The summed E-state index contributed by atoms with van der Waals surface area (Å²) >= 11 is 0. The first kappa shape index (κ1) is 80.9. The Labute approximate surface area is 539 Å². The predicted molar refractivity (Wildman–Crippen MR) is 351 cm³/mol. The van der Waals surface area contributed by atoms with Crippen LogP contribution in [0.1, 0.15) is 213 Å². The molecule has 0 spiro atoms. The standard InChI is InChI=1S/C71H121NO18/c1-3-5-7-9-11-13-15-17-19-20-21-22-23-24-25-26-27-28-29-30-31-32-33-34-35-37-39-41-43-45-47-49-59(77)72-54(55(76)48-46-44-42-40-38-36-18-16-14-12-10-8-6-4-2)53-85-69-65(83)62(80)67(57(51-74)87-69)90-71-66(84)63(81)68(58(52-75)88-71)89-70-64(82)61(79)60(78)56(50-73)86-70/h5,7,11,13,17,19,21-22,24-25,27-28,30-31,46,48,54-58,60-71,73-76,78-84H,3-4,6,8-10,12,14-16,18,20,23,26,29,32-45,47,49-53H2,1-2H3,(H,72,77)/b7-5-,13-11-,19-17-,22-21-,25-24-,28-27-,31-30-,48-46+. The number of unbranched alkanes of at least 4 members (excludes halogenated alkanes) is 21. The van der Waals surface area contributed by atoms with Crippen LogP contribution < -0.4 is 5.32 Å². The second-order valence-electron chi connectivity index (χ2n) is 24.3. The van der Waals surface area contributed by atoms with E-state index in [1.165, 1.54) is 83.5 Å². The molecule has 3 aliphatic heterocycles. The van der Waals surface area contributed by atoms with Gasteiger partial charge in [0.25, 0.3) is 0 Å². The highest BCUT2D eigenvalue weighted by atomic mass is 16.8. The summed E-state index contributed by atoms with van der Waals surface area (Å²) in [6.07, 6.45) is 40.9. The summed E-state index contributed by atoms with van der Waals surface area (Å²) in [5.41, 5.74) is 0. The molecule has 90 heavy (non-hydrogen) atoms. The van der Waals surface area contributed by atoms with E-state index < -0.39 is 124 Å². The molecule has 19 heteroatoms. The van der Waals surface area contributed by atoms with Crippen molar-refractivity contribution in [1.82, 2.24) is 5.32 Å². The van der Waals surface area contributed by atoms with Gasteiger partial charge in [-0.2, -0.15) is 0 Å². The van der Waals surface area contributed by atoms with Crippen LogP contribution in [0.5, 0.6) is 0 Å². The fraction of sp³-hybridized carbons (Fsp3) is 0.761. The molecule has 0 aromatic rings. The summed E-state index contributed by atoms with van der Waals surface area (Å²) in [6.45, 7) is 1.59. The van der Waals surface area contributed by atoms with Crippen LogP contribution in [-0.4, -0.2) is 193 Å². The van der Waals surface area contributed by atoms with Gasteiger partial charge in [0.05, 0.1) is 38.6 Å². The van der Waals surface area contributed by atoms with Crippen molar-refractivity contribution in [1.29, 1.82) is 0 Å². The molecule has 3 fully saturated rings. The Morgan fingerprint density at radius 1 is 0.411 bits per heavy atom. The maximum absolute atomic E-state index is 13.4. The van der Waals surface area contributed by atoms with Gasteiger partial charge in [0.15, 0.2) is 18.9 Å². The number of nitrogens with one attached hydrogen (secondary N) is 1. The van der Waals surface area contributed by atoms with Crippen molar-refractivity contribution in [3.63, 3.8) is 0 Å². The van der Waals surface area contributed by atoms with Gasteiger partial charge in [-0.1, -0.05) is 227 Å². The number of hydrogen-bond acceptors (Lipinski definition) is 18. The van der Waals surface area contributed by atoms with Crippen LogP contribution in [0.25, 0.3) is 0 Å². The van der Waals surface area contributed by atoms with E-state index in [1.807, 2.05) is 6.08 Å². The van der Waals surface area contributed by atoms with Crippen molar-refractivity contribution in [2.45, 2.75) is 317 Å². The van der Waals surface area contributed by atoms with Crippen molar-refractivity contribution >= 4 is 5.91 Å². The van der Waals surface area contributed by atoms with Gasteiger partial charge in [0.1, 0.15) is 73.2 Å². The second-order valence-corrected chi connectivity index (χ2v) is 24.3. The molecular weight excluding hydrogens is 1150 g/mol. The number of amides is 1. The van der Waals surface area contributed by atoms with Crippen LogP contribution in [0, 0.1) is 0 Å². The van der Waals surface area contributed by atoms with Crippen LogP contribution >= 0.6 is 0 Å². The summed E-state index contributed by atoms with van der Waals surface area (Å²) in [4.78, 5) is 13.4. The van der Waals surface area contributed by atoms with Gasteiger partial charge >= 0.3 is 0 Å². The second kappa shape index (κ2) is 52.0. The van der Waals surface area contributed by atoms with E-state index in [9.17, 15) is 61.0 Å². The largest absolute Gasteiger partial charge is 0.394 e. The fourth-order valence-electron chi connectivity index (χ4n) is 11.1. The maximum atomic E-state index is 13.4. The Hall–Kier alpha value is -3.29. The SMILES string of the molecule is CC/C=C\C/C=C\C/C=C\C/C=C\C/C=C\C/C=C\C/C=C\CCCCCCCCCCCC(=O)NC(COC1OC(CO)C(OC2OC(CO)C(OC3OC(CO)C(O)C(O)C3O)C(O)C2O)C(O)C1O)C(O)/C=C/CCCCCCCCCCCCCC. The molecule has 0 aromatic heterocycles. The van der Waals surface area contributed by atoms with Gasteiger partial charge in [0, 0.05) is 6.42 Å². The average molecular weight is 1280 g/mol. The number of hydrogen-bond donors (Lipinski definition) is 12. The molecule has 3 heterocycles. The number of carbonyl (C=O) groups excluding carboxylic acids is 1. The molecule has 518 valence electrons. The van der Waals surface area contributed by atoms with E-state index >= 15 is 0 Å². The van der Waals surface area contributed by atoms with E-state index in [0.717, 1.165) is 103 Å². The van der Waals surface area contributed by atoms with E-state index in [4.69, 9.17) is 28.4 Å². The zero-order valence-electron chi connectivity index (χ0n) is 54.6. The molecule has 17 atom stereocenters. The first-order valence-electron chi connectivity index (χ1n) is 34.5. The van der Waals surface area contributed by atoms with Crippen molar-refractivity contribution < 1.29 is 89.4 Å². The van der Waals surface area contributed by atoms with Gasteiger partial charge in [-0.05, 0) is 77.0 Å². The van der Waals surface area contributed by atoms with Crippen LogP contribution in [0.15, 0.2) is 97.2 Å². The van der Waals surface area contributed by atoms with E-state index in [0.29, 0.717) is 6.42 Å². The zero-order chi connectivity index (χ0) is 65.4. The Bertz CT molecular complexity index is 2010. The molecule has 17 unspecified atom stereocenters. The molecule has 0 bridgehead atoms. The van der Waals surface area contributed by atoms with E-state index in [-0.39, 0.29) is 18.9 Å². The van der Waals surface area contributed by atoms with Crippen LogP contribution in [0.3, 0.4) is 0 Å². The molecule has 19 nitrogen and oxygen atoms in total. The number of allylic oxidation sites excluding steroid dienone is 15. The number of aliphatic hydroxyl groups is 11. The van der Waals surface area contributed by atoms with Gasteiger partial charge < -0.3 is 89.9 Å². The van der Waals surface area contributed by atoms with E-state index in [1.54, 1.807) is 6.08 Å². The van der Waals surface area contributed by atoms with Crippen LogP contribution in [-0.2, 0) is 33.2 Å². The van der Waals surface area contributed by atoms with Crippen molar-refractivity contribution in [3.8, 4) is 0 Å². The third-order valence-electron chi connectivity index (χ3n) is 16.6. The van der Waals surface area contributed by atoms with Crippen molar-refractivity contribution in [2.75, 3.05) is 26.4 Å². The Morgan fingerprint density at radius 3 is 1.20 bits per heavy atom. The predicted octanol–water partition coefficient (Wildman–Crippen LogP) is 8.88. The minimum atomic E-state index is -1.98. The first-order valence-corrected chi connectivity index (χ1v) is 34.5. The summed E-state index contributed by atoms with van der Waals surface area (Å²) in [6, 6.07) is -0.982. The van der Waals surface area contributed by atoms with Gasteiger partial charge in [0.2, 0.25) is 5.91 Å². The van der Waals surface area contributed by atoms with E-state index in [2.05, 4.69) is 104 Å². The maximum Gasteiger partial charge on any atom is 0.220 e. The lowest BCUT2D eigenvalue weighted by Gasteiger charge is -2.48. The molecule has 0 saturated carbocycles. The topological polar surface area (TPSA) is 307 Å². The highest BCUT2D eigenvalue weighted by molar-refractivity contribution is 5.76. The smallest absolute Gasteiger partial charge is 0.220 e. The molecule has 0 radical (unpaired) electrons. The molecule has 12 N–H and O–H groups in total. The zero-order valence-corrected chi connectivity index (χ0v) is 54.6. The lowest BCUT2D eigenvalue weighted by molar-refractivity contribution is -0.379. The average Bonchev–Trinajstić information content (AvgIpc) is 0.908. The monoisotopic (exact) mass is 1280 g/mol. The number of carbonyl (C=O) groups is 1. The van der Waals surface area contributed by atoms with Crippen LogP contribution in [0.2, 0.25) is 0 Å². The minimum Gasteiger partial charge on any atom is -0.394 e. The molecule has 1 amide bonds. The normalized spacial score (nSPS) is 28.7. The third kappa shape index (κ3) is 33.7. The van der Waals surface area contributed by atoms with Crippen LogP contribution in [0.4, 0.5) is 0 Å². The number of rotatable bonds is 51. The summed E-state index contributed by atoms with van der Waals surface area (Å²) in [7, 11) is 0. The first-order chi connectivity index (χ1) is 43.8. The third-order valence-corrected chi connectivity index (χ3v) is 16.6. The molecule has 0 aliphatic carbocycles. The Kier molecular flexibility index (Phi) is 46.8. The highest BCUT2D eigenvalue weighted by Gasteiger charge is 2.53. The summed E-state index contributed by atoms with van der Waals surface area (Å²) < 4.78 is 34.3. The quantitative estimate of drug-likeness (QED) is 0.0200. The molecular formula is C71H121NO18. The fourth-order valence-corrected chi connectivity index (χ4v) is 11.1. The molecule has 3 saturated heterocycles. The van der Waals surface area contributed by atoms with Gasteiger partial charge in [-0.15, -0.1) is 0 Å². The Balaban J connectivity index is 1.40. The molecule has 0 aromatic carbocycles. The Morgan fingerprint density at radius 2 is 0.767 bits per heavy atom. The van der Waals surface area contributed by atoms with Gasteiger partial charge in [-0.3, -0.25) is 4.79 Å².